The number of alkyl halides is 3. The maximum atomic E-state index is 14.4. The van der Waals surface area contributed by atoms with Crippen LogP contribution in [-0.4, -0.2) is 35.7 Å². The third-order valence-electron chi connectivity index (χ3n) is 4.42. The average Bonchev–Trinajstić information content (AvgIpc) is 3.04. The molecule has 1 aromatic carbocycles. The Bertz CT molecular complexity index is 843. The fourth-order valence-corrected chi connectivity index (χ4v) is 3.10. The van der Waals surface area contributed by atoms with Crippen LogP contribution in [0.5, 0.6) is 5.75 Å². The first-order valence-electron chi connectivity index (χ1n) is 8.35. The minimum absolute atomic E-state index is 0.000357. The molecule has 1 unspecified atom stereocenters. The smallest absolute Gasteiger partial charge is 0.400 e. The van der Waals surface area contributed by atoms with Crippen molar-refractivity contribution < 1.29 is 26.7 Å². The molecular weight excluding hydrogens is 372 g/mol. The van der Waals surface area contributed by atoms with E-state index in [0.717, 1.165) is 32.0 Å². The van der Waals surface area contributed by atoms with Gasteiger partial charge < -0.3 is 19.8 Å². The van der Waals surface area contributed by atoms with Gasteiger partial charge in [-0.15, -0.1) is 18.3 Å². The van der Waals surface area contributed by atoms with Crippen LogP contribution in [0.15, 0.2) is 21.3 Å². The number of hydrogen-bond donors (Lipinski definition) is 3. The van der Waals surface area contributed by atoms with Crippen molar-refractivity contribution in [3.8, 4) is 17.2 Å². The van der Waals surface area contributed by atoms with Crippen LogP contribution in [-0.2, 0) is 0 Å². The van der Waals surface area contributed by atoms with Crippen LogP contribution in [0.2, 0.25) is 0 Å². The fourth-order valence-electron chi connectivity index (χ4n) is 3.10. The Morgan fingerprint density at radius 1 is 1.33 bits per heavy atom. The molecule has 148 valence electrons. The molecule has 0 spiro atoms. The number of aromatic nitrogens is 2. The largest absolute Gasteiger partial charge is 0.573 e. The number of rotatable bonds is 5. The van der Waals surface area contributed by atoms with E-state index in [4.69, 9.17) is 4.42 Å². The van der Waals surface area contributed by atoms with Crippen LogP contribution < -0.4 is 21.1 Å². The van der Waals surface area contributed by atoms with E-state index < -0.39 is 23.7 Å². The number of anilines is 1. The van der Waals surface area contributed by atoms with Crippen LogP contribution in [0.3, 0.4) is 0 Å². The predicted octanol–water partition coefficient (Wildman–Crippen LogP) is 2.87. The Labute approximate surface area is 151 Å². The Kier molecular flexibility index (Phi) is 5.40. The summed E-state index contributed by atoms with van der Waals surface area (Å²) in [6.07, 6.45) is -3.39. The van der Waals surface area contributed by atoms with Crippen LogP contribution in [0.25, 0.3) is 11.5 Å². The van der Waals surface area contributed by atoms with Gasteiger partial charge in [0.05, 0.1) is 5.69 Å². The number of nitrogens with one attached hydrogen (secondary N) is 3. The maximum Gasteiger partial charge on any atom is 0.573 e. The molecular formula is C16H18F4N4O3. The molecule has 11 heteroatoms. The summed E-state index contributed by atoms with van der Waals surface area (Å²) in [6.45, 7) is 3.41. The van der Waals surface area contributed by atoms with E-state index in [0.29, 0.717) is 0 Å². The molecule has 2 heterocycles. The molecule has 0 saturated carbocycles. The van der Waals surface area contributed by atoms with Crippen molar-refractivity contribution in [1.29, 1.82) is 0 Å². The highest BCUT2D eigenvalue weighted by atomic mass is 19.4. The monoisotopic (exact) mass is 390 g/mol. The normalized spacial score (nSPS) is 16.9. The Balaban J connectivity index is 1.96. The van der Waals surface area contributed by atoms with Crippen LogP contribution in [0.4, 0.5) is 23.2 Å². The highest BCUT2D eigenvalue weighted by Crippen LogP contribution is 2.37. The number of nitrogens with zero attached hydrogens (tertiary/aromatic N) is 1. The van der Waals surface area contributed by atoms with E-state index in [1.165, 1.54) is 6.07 Å². The highest BCUT2D eigenvalue weighted by Gasteiger charge is 2.34. The standard InChI is InChI=1S/C16H18F4N4O3/c1-8(9-2-4-21-5-3-9)22-12-7-10(14-23-24-15(25)26-14)6-11(17)13(12)27-16(18,19)20/h6-9,21-22H,2-5H2,1H3,(H,24,25). The van der Waals surface area contributed by atoms with Crippen molar-refractivity contribution >= 4 is 5.69 Å². The molecule has 2 aromatic rings. The summed E-state index contributed by atoms with van der Waals surface area (Å²) in [5.41, 5.74) is -0.195. The minimum Gasteiger partial charge on any atom is -0.400 e. The lowest BCUT2D eigenvalue weighted by molar-refractivity contribution is -0.275. The minimum atomic E-state index is -5.06. The lowest BCUT2D eigenvalue weighted by Crippen LogP contribution is -2.36. The van der Waals surface area contributed by atoms with E-state index in [1.54, 1.807) is 0 Å². The number of H-pyrrole nitrogens is 1. The zero-order chi connectivity index (χ0) is 19.6. The summed E-state index contributed by atoms with van der Waals surface area (Å²) in [7, 11) is 0. The number of benzene rings is 1. The molecule has 1 saturated heterocycles. The molecule has 3 N–H and O–H groups in total. The van der Waals surface area contributed by atoms with Crippen molar-refractivity contribution in [3.63, 3.8) is 0 Å². The molecule has 1 aromatic heterocycles. The van der Waals surface area contributed by atoms with Gasteiger partial charge >= 0.3 is 12.1 Å². The average molecular weight is 390 g/mol. The van der Waals surface area contributed by atoms with Gasteiger partial charge in [-0.25, -0.2) is 14.3 Å². The number of piperidine rings is 1. The van der Waals surface area contributed by atoms with Gasteiger partial charge in [-0.05, 0) is 50.9 Å². The Morgan fingerprint density at radius 2 is 2.04 bits per heavy atom. The zero-order valence-electron chi connectivity index (χ0n) is 14.3. The third kappa shape index (κ3) is 4.79. The number of ether oxygens (including phenoxy) is 1. The van der Waals surface area contributed by atoms with Crippen LogP contribution in [0, 0.1) is 11.7 Å². The molecule has 1 atom stereocenters. The molecule has 0 aliphatic carbocycles. The second-order valence-electron chi connectivity index (χ2n) is 6.32. The molecule has 7 nitrogen and oxygen atoms in total. The lowest BCUT2D eigenvalue weighted by atomic mass is 9.91. The molecule has 3 rings (SSSR count). The van der Waals surface area contributed by atoms with Gasteiger partial charge in [0.15, 0.2) is 11.6 Å². The van der Waals surface area contributed by atoms with E-state index in [-0.39, 0.29) is 29.1 Å². The van der Waals surface area contributed by atoms with Gasteiger partial charge in [-0.3, -0.25) is 0 Å². The van der Waals surface area contributed by atoms with E-state index >= 15 is 0 Å². The van der Waals surface area contributed by atoms with E-state index in [2.05, 4.69) is 20.5 Å². The molecule has 0 bridgehead atoms. The van der Waals surface area contributed by atoms with Gasteiger partial charge in [0.25, 0.3) is 0 Å². The van der Waals surface area contributed by atoms with Crippen molar-refractivity contribution in [3.05, 3.63) is 28.5 Å². The predicted molar refractivity (Wildman–Crippen MR) is 87.9 cm³/mol. The number of aromatic amines is 1. The van der Waals surface area contributed by atoms with Gasteiger partial charge in [0.2, 0.25) is 5.89 Å². The summed E-state index contributed by atoms with van der Waals surface area (Å²) in [6, 6.07) is 1.74. The molecule has 27 heavy (non-hydrogen) atoms. The zero-order valence-corrected chi connectivity index (χ0v) is 14.3. The first-order valence-corrected chi connectivity index (χ1v) is 8.35. The summed E-state index contributed by atoms with van der Waals surface area (Å²) >= 11 is 0. The summed E-state index contributed by atoms with van der Waals surface area (Å²) in [5.74, 6) is -3.13. The third-order valence-corrected chi connectivity index (χ3v) is 4.42. The Morgan fingerprint density at radius 3 is 2.63 bits per heavy atom. The van der Waals surface area contributed by atoms with Crippen molar-refractivity contribution in [2.24, 2.45) is 5.92 Å². The SMILES string of the molecule is CC(Nc1cc(-c2n[nH]c(=O)o2)cc(F)c1OC(F)(F)F)C1CCNCC1. The van der Waals surface area contributed by atoms with E-state index in [1.807, 2.05) is 12.0 Å². The van der Waals surface area contributed by atoms with Gasteiger partial charge in [0, 0.05) is 11.6 Å². The summed E-state index contributed by atoms with van der Waals surface area (Å²) < 4.78 is 61.2. The topological polar surface area (TPSA) is 92.2 Å². The summed E-state index contributed by atoms with van der Waals surface area (Å²) in [5, 5.41) is 11.7. The van der Waals surface area contributed by atoms with Gasteiger partial charge in [-0.1, -0.05) is 0 Å². The number of halogens is 4. The lowest BCUT2D eigenvalue weighted by Gasteiger charge is -2.30. The Hall–Kier alpha value is -2.56. The number of hydrogen-bond acceptors (Lipinski definition) is 6. The van der Waals surface area contributed by atoms with E-state index in [9.17, 15) is 22.4 Å². The quantitative estimate of drug-likeness (QED) is 0.680. The molecule has 1 aliphatic rings. The molecule has 1 fully saturated rings. The highest BCUT2D eigenvalue weighted by molar-refractivity contribution is 5.68. The molecule has 1 aliphatic heterocycles. The first-order chi connectivity index (χ1) is 12.7. The van der Waals surface area contributed by atoms with Crippen LogP contribution >= 0.6 is 0 Å². The molecule has 0 amide bonds. The fraction of sp³-hybridized carbons (Fsp3) is 0.500. The first kappa shape index (κ1) is 19.2. The summed E-state index contributed by atoms with van der Waals surface area (Å²) in [4.78, 5) is 11.1. The second kappa shape index (κ2) is 7.59. The van der Waals surface area contributed by atoms with Crippen molar-refractivity contribution in [2.75, 3.05) is 18.4 Å². The molecule has 0 radical (unpaired) electrons. The van der Waals surface area contributed by atoms with Gasteiger partial charge in [0.1, 0.15) is 0 Å². The van der Waals surface area contributed by atoms with Crippen LogP contribution in [0.1, 0.15) is 19.8 Å². The van der Waals surface area contributed by atoms with Crippen molar-refractivity contribution in [2.45, 2.75) is 32.2 Å². The second-order valence-corrected chi connectivity index (χ2v) is 6.32. The maximum absolute atomic E-state index is 14.4. The van der Waals surface area contributed by atoms with Gasteiger partial charge in [-0.2, -0.15) is 0 Å². The van der Waals surface area contributed by atoms with Crippen molar-refractivity contribution in [1.82, 2.24) is 15.5 Å².